The van der Waals surface area contributed by atoms with E-state index in [1.165, 1.54) is 0 Å². The van der Waals surface area contributed by atoms with Gasteiger partial charge in [0, 0.05) is 42.3 Å². The van der Waals surface area contributed by atoms with Crippen molar-refractivity contribution in [1.29, 1.82) is 0 Å². The maximum Gasteiger partial charge on any atom is 0.263 e. The van der Waals surface area contributed by atoms with E-state index in [1.807, 2.05) is 54.3 Å². The van der Waals surface area contributed by atoms with Crippen LogP contribution in [-0.4, -0.2) is 40.0 Å². The van der Waals surface area contributed by atoms with E-state index in [0.717, 1.165) is 47.9 Å². The summed E-state index contributed by atoms with van der Waals surface area (Å²) >= 11 is 1.71. The van der Waals surface area contributed by atoms with Crippen LogP contribution in [0.5, 0.6) is 5.75 Å². The molecule has 0 bridgehead atoms. The number of carbonyl (C=O) groups excluding carboxylic acids is 1. The number of nitrogens with zero attached hydrogens (tertiary/aromatic N) is 3. The predicted octanol–water partition coefficient (Wildman–Crippen LogP) is 4.38. The molecule has 5 nitrogen and oxygen atoms in total. The first-order valence-electron chi connectivity index (χ1n) is 9.57. The Labute approximate surface area is 169 Å². The van der Waals surface area contributed by atoms with Crippen LogP contribution in [-0.2, 0) is 4.79 Å². The first kappa shape index (κ1) is 18.6. The van der Waals surface area contributed by atoms with Crippen LogP contribution in [0.4, 0.5) is 0 Å². The Morgan fingerprint density at radius 3 is 2.57 bits per heavy atom. The third-order valence-corrected chi connectivity index (χ3v) is 6.06. The Balaban J connectivity index is 1.33. The Morgan fingerprint density at radius 1 is 1.14 bits per heavy atom. The zero-order valence-electron chi connectivity index (χ0n) is 15.8. The van der Waals surface area contributed by atoms with Gasteiger partial charge in [-0.1, -0.05) is 18.2 Å². The van der Waals surface area contributed by atoms with Crippen LogP contribution >= 0.6 is 11.3 Å². The number of rotatable bonds is 5. The first-order valence-corrected chi connectivity index (χ1v) is 10.4. The number of amides is 1. The molecule has 3 heterocycles. The molecule has 1 atom stereocenters. The van der Waals surface area contributed by atoms with Crippen molar-refractivity contribution in [3.05, 3.63) is 65.2 Å². The van der Waals surface area contributed by atoms with Crippen molar-refractivity contribution in [2.45, 2.75) is 31.8 Å². The molecule has 1 aliphatic heterocycles. The summed E-state index contributed by atoms with van der Waals surface area (Å²) in [5.41, 5.74) is 2.10. The average molecular weight is 394 g/mol. The molecule has 0 spiro atoms. The second kappa shape index (κ2) is 8.52. The Hall–Kier alpha value is -2.73. The molecule has 3 aromatic rings. The van der Waals surface area contributed by atoms with Gasteiger partial charge in [0.2, 0.25) is 0 Å². The zero-order chi connectivity index (χ0) is 19.3. The summed E-state index contributed by atoms with van der Waals surface area (Å²) in [6.07, 6.45) is 4.98. The van der Waals surface area contributed by atoms with Crippen molar-refractivity contribution in [3.63, 3.8) is 0 Å². The van der Waals surface area contributed by atoms with Gasteiger partial charge in [-0.2, -0.15) is 0 Å². The predicted molar refractivity (Wildman–Crippen MR) is 110 cm³/mol. The summed E-state index contributed by atoms with van der Waals surface area (Å²) < 4.78 is 5.79. The van der Waals surface area contributed by atoms with Gasteiger partial charge in [0.05, 0.1) is 10.7 Å². The molecule has 0 saturated carbocycles. The molecule has 4 rings (SSSR count). The van der Waals surface area contributed by atoms with E-state index >= 15 is 0 Å². The Kier molecular flexibility index (Phi) is 5.67. The summed E-state index contributed by atoms with van der Waals surface area (Å²) in [5.74, 6) is 1.19. The highest BCUT2D eigenvalue weighted by atomic mass is 32.1. The topological polar surface area (TPSA) is 55.3 Å². The lowest BCUT2D eigenvalue weighted by atomic mass is 9.97. The second-order valence-corrected chi connectivity index (χ2v) is 7.87. The van der Waals surface area contributed by atoms with Crippen molar-refractivity contribution in [1.82, 2.24) is 14.9 Å². The third-order valence-electron chi connectivity index (χ3n) is 5.06. The normalized spacial score (nSPS) is 16.0. The number of benzene rings is 1. The summed E-state index contributed by atoms with van der Waals surface area (Å²) in [5, 5.41) is 3.27. The van der Waals surface area contributed by atoms with E-state index in [4.69, 9.17) is 9.72 Å². The number of aromatic nitrogens is 2. The van der Waals surface area contributed by atoms with E-state index in [0.29, 0.717) is 5.92 Å². The van der Waals surface area contributed by atoms with Crippen LogP contribution in [0.2, 0.25) is 0 Å². The van der Waals surface area contributed by atoms with Crippen molar-refractivity contribution < 1.29 is 9.53 Å². The van der Waals surface area contributed by atoms with Crippen molar-refractivity contribution in [3.8, 4) is 17.0 Å². The smallest absolute Gasteiger partial charge is 0.263 e. The number of pyridine rings is 1. The summed E-state index contributed by atoms with van der Waals surface area (Å²) in [4.78, 5) is 23.5. The largest absolute Gasteiger partial charge is 0.481 e. The highest BCUT2D eigenvalue weighted by molar-refractivity contribution is 7.10. The number of hydrogen-bond acceptors (Lipinski definition) is 5. The summed E-state index contributed by atoms with van der Waals surface area (Å²) in [7, 11) is 0. The van der Waals surface area contributed by atoms with Gasteiger partial charge in [0.25, 0.3) is 5.91 Å². The number of ether oxygens (including phenoxy) is 1. The standard InChI is InChI=1S/C22H23N3O2S/c1-16(27-19-5-3-2-4-6-19)22(26)25-13-9-18(10-14-25)21-24-20(15-28-21)17-7-11-23-12-8-17/h2-8,11-12,15-16,18H,9-10,13-14H2,1H3/t16-/m0/s1. The minimum absolute atomic E-state index is 0.0546. The van der Waals surface area contributed by atoms with Crippen LogP contribution in [0.25, 0.3) is 11.3 Å². The maximum atomic E-state index is 12.7. The number of hydrogen-bond donors (Lipinski definition) is 0. The fourth-order valence-electron chi connectivity index (χ4n) is 3.49. The SMILES string of the molecule is C[C@H](Oc1ccccc1)C(=O)N1CCC(c2nc(-c3ccncc3)cs2)CC1. The molecule has 0 radical (unpaired) electrons. The molecule has 1 amide bonds. The first-order chi connectivity index (χ1) is 13.7. The molecule has 0 unspecified atom stereocenters. The quantitative estimate of drug-likeness (QED) is 0.646. The van der Waals surface area contributed by atoms with E-state index in [1.54, 1.807) is 23.7 Å². The molecule has 6 heteroatoms. The fourth-order valence-corrected chi connectivity index (χ4v) is 4.49. The van der Waals surface area contributed by atoms with Gasteiger partial charge < -0.3 is 9.64 Å². The molecule has 1 saturated heterocycles. The Bertz CT molecular complexity index is 906. The van der Waals surface area contributed by atoms with Crippen molar-refractivity contribution in [2.24, 2.45) is 0 Å². The number of thiazole rings is 1. The lowest BCUT2D eigenvalue weighted by molar-refractivity contribution is -0.139. The van der Waals surface area contributed by atoms with Crippen LogP contribution in [0.15, 0.2) is 60.2 Å². The molecule has 2 aromatic heterocycles. The molecule has 1 aliphatic rings. The van der Waals surface area contributed by atoms with E-state index in [-0.39, 0.29) is 5.91 Å². The van der Waals surface area contributed by atoms with Crippen LogP contribution in [0, 0.1) is 0 Å². The van der Waals surface area contributed by atoms with E-state index in [2.05, 4.69) is 10.4 Å². The number of para-hydroxylation sites is 1. The molecule has 0 aliphatic carbocycles. The molecule has 1 aromatic carbocycles. The average Bonchev–Trinajstić information content (AvgIpc) is 3.25. The summed E-state index contributed by atoms with van der Waals surface area (Å²) in [6.45, 7) is 3.32. The van der Waals surface area contributed by atoms with Gasteiger partial charge in [0.1, 0.15) is 5.75 Å². The number of piperidine rings is 1. The minimum Gasteiger partial charge on any atom is -0.481 e. The van der Waals surface area contributed by atoms with Crippen LogP contribution < -0.4 is 4.74 Å². The minimum atomic E-state index is -0.475. The van der Waals surface area contributed by atoms with Gasteiger partial charge in [-0.3, -0.25) is 9.78 Å². The third kappa shape index (κ3) is 4.22. The molecule has 28 heavy (non-hydrogen) atoms. The zero-order valence-corrected chi connectivity index (χ0v) is 16.6. The molecule has 144 valence electrons. The van der Waals surface area contributed by atoms with Gasteiger partial charge >= 0.3 is 0 Å². The van der Waals surface area contributed by atoms with Crippen molar-refractivity contribution >= 4 is 17.2 Å². The number of likely N-dealkylation sites (tertiary alicyclic amines) is 1. The van der Waals surface area contributed by atoms with E-state index in [9.17, 15) is 4.79 Å². The number of carbonyl (C=O) groups is 1. The van der Waals surface area contributed by atoms with Gasteiger partial charge in [0.15, 0.2) is 6.10 Å². The highest BCUT2D eigenvalue weighted by Crippen LogP contribution is 2.33. The monoisotopic (exact) mass is 393 g/mol. The van der Waals surface area contributed by atoms with Gasteiger partial charge in [-0.15, -0.1) is 11.3 Å². The highest BCUT2D eigenvalue weighted by Gasteiger charge is 2.29. The maximum absolute atomic E-state index is 12.7. The van der Waals surface area contributed by atoms with Crippen molar-refractivity contribution in [2.75, 3.05) is 13.1 Å². The Morgan fingerprint density at radius 2 is 1.86 bits per heavy atom. The lowest BCUT2D eigenvalue weighted by Gasteiger charge is -2.32. The van der Waals surface area contributed by atoms with Gasteiger partial charge in [-0.25, -0.2) is 4.98 Å². The molecular formula is C22H23N3O2S. The van der Waals surface area contributed by atoms with Crippen LogP contribution in [0.1, 0.15) is 30.7 Å². The molecule has 0 N–H and O–H groups in total. The second-order valence-electron chi connectivity index (χ2n) is 6.98. The lowest BCUT2D eigenvalue weighted by Crippen LogP contribution is -2.44. The van der Waals surface area contributed by atoms with Gasteiger partial charge in [-0.05, 0) is 44.0 Å². The van der Waals surface area contributed by atoms with E-state index < -0.39 is 6.10 Å². The molecule has 1 fully saturated rings. The van der Waals surface area contributed by atoms with Crippen LogP contribution in [0.3, 0.4) is 0 Å². The fraction of sp³-hybridized carbons (Fsp3) is 0.318. The molecular weight excluding hydrogens is 370 g/mol. The summed E-state index contributed by atoms with van der Waals surface area (Å²) in [6, 6.07) is 13.5.